The van der Waals surface area contributed by atoms with Gasteiger partial charge in [-0.3, -0.25) is 4.79 Å². The normalized spacial score (nSPS) is 12.1. The molecule has 19 heavy (non-hydrogen) atoms. The Bertz CT molecular complexity index is 435. The van der Waals surface area contributed by atoms with Gasteiger partial charge >= 0.3 is 0 Å². The van der Waals surface area contributed by atoms with E-state index in [1.807, 2.05) is 6.92 Å². The largest absolute Gasteiger partial charge is 0.484 e. The van der Waals surface area contributed by atoms with E-state index in [0.29, 0.717) is 23.7 Å². The van der Waals surface area contributed by atoms with Crippen LogP contribution in [-0.2, 0) is 4.79 Å². The van der Waals surface area contributed by atoms with E-state index in [1.165, 1.54) is 0 Å². The second-order valence-electron chi connectivity index (χ2n) is 4.65. The van der Waals surface area contributed by atoms with E-state index in [4.69, 9.17) is 21.4 Å². The number of ether oxygens (including phenoxy) is 1. The summed E-state index contributed by atoms with van der Waals surface area (Å²) in [6.07, 6.45) is 0.151. The summed E-state index contributed by atoms with van der Waals surface area (Å²) in [6.45, 7) is 4.08. The number of rotatable bonds is 6. The Labute approximate surface area is 118 Å². The minimum Gasteiger partial charge on any atom is -0.484 e. The molecular weight excluding hydrogens is 266 g/mol. The first kappa shape index (κ1) is 15.8. The number of aliphatic hydroxyl groups is 1. The third-order valence-corrected chi connectivity index (χ3v) is 3.22. The highest BCUT2D eigenvalue weighted by atomic mass is 35.5. The predicted molar refractivity (Wildman–Crippen MR) is 75.6 cm³/mol. The van der Waals surface area contributed by atoms with Crippen LogP contribution < -0.4 is 4.74 Å². The summed E-state index contributed by atoms with van der Waals surface area (Å²) in [7, 11) is 1.70. The standard InChI is InChI=1S/C14H20ClNO3/c1-10-8-12(4-5-13(10)15)19-9-14(18)16(3)7-6-11(2)17/h4-5,8,11,17H,6-7,9H2,1-3H3. The van der Waals surface area contributed by atoms with Gasteiger partial charge in [0.2, 0.25) is 0 Å². The molecule has 106 valence electrons. The van der Waals surface area contributed by atoms with Crippen molar-refractivity contribution in [1.29, 1.82) is 0 Å². The number of aliphatic hydroxyl groups excluding tert-OH is 1. The molecular formula is C14H20ClNO3. The monoisotopic (exact) mass is 285 g/mol. The molecule has 1 aromatic carbocycles. The van der Waals surface area contributed by atoms with E-state index in [-0.39, 0.29) is 12.5 Å². The number of nitrogens with zero attached hydrogens (tertiary/aromatic N) is 1. The molecule has 0 radical (unpaired) electrons. The second-order valence-corrected chi connectivity index (χ2v) is 5.06. The zero-order chi connectivity index (χ0) is 14.4. The SMILES string of the molecule is Cc1cc(OCC(=O)N(C)CCC(C)O)ccc1Cl. The first-order valence-corrected chi connectivity index (χ1v) is 6.59. The van der Waals surface area contributed by atoms with Crippen LogP contribution >= 0.6 is 11.6 Å². The quantitative estimate of drug-likeness (QED) is 0.872. The Balaban J connectivity index is 2.42. The average molecular weight is 286 g/mol. The lowest BCUT2D eigenvalue weighted by atomic mass is 10.2. The third-order valence-electron chi connectivity index (χ3n) is 2.80. The number of halogens is 1. The van der Waals surface area contributed by atoms with E-state index >= 15 is 0 Å². The van der Waals surface area contributed by atoms with Gasteiger partial charge in [-0.1, -0.05) is 11.6 Å². The number of benzene rings is 1. The van der Waals surface area contributed by atoms with Crippen LogP contribution in [0.15, 0.2) is 18.2 Å². The molecule has 1 amide bonds. The number of carbonyl (C=O) groups is 1. The second kappa shape index (κ2) is 7.36. The summed E-state index contributed by atoms with van der Waals surface area (Å²) in [4.78, 5) is 13.3. The van der Waals surface area contributed by atoms with E-state index in [0.717, 1.165) is 5.56 Å². The number of hydrogen-bond acceptors (Lipinski definition) is 3. The van der Waals surface area contributed by atoms with Crippen LogP contribution in [0.2, 0.25) is 5.02 Å². The lowest BCUT2D eigenvalue weighted by Crippen LogP contribution is -2.33. The lowest BCUT2D eigenvalue weighted by molar-refractivity contribution is -0.132. The highest BCUT2D eigenvalue weighted by Crippen LogP contribution is 2.20. The molecule has 5 heteroatoms. The summed E-state index contributed by atoms with van der Waals surface area (Å²) in [5, 5.41) is 9.84. The maximum Gasteiger partial charge on any atom is 0.260 e. The van der Waals surface area contributed by atoms with Gasteiger partial charge in [-0.05, 0) is 44.0 Å². The number of hydrogen-bond donors (Lipinski definition) is 1. The zero-order valence-corrected chi connectivity index (χ0v) is 12.3. The van der Waals surface area contributed by atoms with Gasteiger partial charge in [0.15, 0.2) is 6.61 Å². The van der Waals surface area contributed by atoms with Gasteiger partial charge in [-0.2, -0.15) is 0 Å². The molecule has 0 aliphatic heterocycles. The molecule has 0 spiro atoms. The minimum absolute atomic E-state index is 0.0165. The smallest absolute Gasteiger partial charge is 0.260 e. The van der Waals surface area contributed by atoms with Crippen LogP contribution in [0.4, 0.5) is 0 Å². The van der Waals surface area contributed by atoms with Crippen molar-refractivity contribution >= 4 is 17.5 Å². The molecule has 0 saturated heterocycles. The molecule has 0 fully saturated rings. The van der Waals surface area contributed by atoms with Crippen LogP contribution in [0.25, 0.3) is 0 Å². The first-order valence-electron chi connectivity index (χ1n) is 6.21. The molecule has 0 aromatic heterocycles. The fourth-order valence-corrected chi connectivity index (χ4v) is 1.58. The summed E-state index contributed by atoms with van der Waals surface area (Å²) in [6, 6.07) is 5.28. The van der Waals surface area contributed by atoms with Crippen LogP contribution in [0.1, 0.15) is 18.9 Å². The fourth-order valence-electron chi connectivity index (χ4n) is 1.47. The lowest BCUT2D eigenvalue weighted by Gasteiger charge is -2.18. The van der Waals surface area contributed by atoms with Gasteiger partial charge in [0.05, 0.1) is 6.10 Å². The summed E-state index contributed by atoms with van der Waals surface area (Å²) >= 11 is 5.91. The van der Waals surface area contributed by atoms with Crippen molar-refractivity contribution in [3.63, 3.8) is 0 Å². The topological polar surface area (TPSA) is 49.8 Å². The van der Waals surface area contributed by atoms with Crippen molar-refractivity contribution in [1.82, 2.24) is 4.90 Å². The molecule has 0 aliphatic carbocycles. The van der Waals surface area contributed by atoms with Crippen LogP contribution in [-0.4, -0.2) is 42.2 Å². The average Bonchev–Trinajstić information content (AvgIpc) is 2.36. The van der Waals surface area contributed by atoms with Crippen molar-refractivity contribution in [3.05, 3.63) is 28.8 Å². The molecule has 1 atom stereocenters. The van der Waals surface area contributed by atoms with Gasteiger partial charge < -0.3 is 14.7 Å². The Morgan fingerprint density at radius 2 is 2.21 bits per heavy atom. The van der Waals surface area contributed by atoms with Gasteiger partial charge in [0.1, 0.15) is 5.75 Å². The number of aryl methyl sites for hydroxylation is 1. The maximum atomic E-state index is 11.8. The van der Waals surface area contributed by atoms with Crippen molar-refractivity contribution in [2.45, 2.75) is 26.4 Å². The van der Waals surface area contributed by atoms with Crippen molar-refractivity contribution in [2.75, 3.05) is 20.2 Å². The Kier molecular flexibility index (Phi) is 6.12. The van der Waals surface area contributed by atoms with E-state index in [1.54, 1.807) is 37.1 Å². The molecule has 1 aromatic rings. The van der Waals surface area contributed by atoms with Gasteiger partial charge in [-0.25, -0.2) is 0 Å². The third kappa shape index (κ3) is 5.49. The van der Waals surface area contributed by atoms with Crippen LogP contribution in [0, 0.1) is 6.92 Å². The van der Waals surface area contributed by atoms with Crippen molar-refractivity contribution in [2.24, 2.45) is 0 Å². The van der Waals surface area contributed by atoms with Gasteiger partial charge in [0.25, 0.3) is 5.91 Å². The van der Waals surface area contributed by atoms with Gasteiger partial charge in [0, 0.05) is 18.6 Å². The maximum absolute atomic E-state index is 11.8. The fraction of sp³-hybridized carbons (Fsp3) is 0.500. The predicted octanol–water partition coefficient (Wildman–Crippen LogP) is 2.26. The molecule has 0 bridgehead atoms. The zero-order valence-electron chi connectivity index (χ0n) is 11.5. The summed E-state index contributed by atoms with van der Waals surface area (Å²) in [5.41, 5.74) is 0.911. The van der Waals surface area contributed by atoms with Crippen molar-refractivity contribution in [3.8, 4) is 5.75 Å². The molecule has 1 rings (SSSR count). The summed E-state index contributed by atoms with van der Waals surface area (Å²) < 4.78 is 5.42. The number of carbonyl (C=O) groups excluding carboxylic acids is 1. The van der Waals surface area contributed by atoms with E-state index < -0.39 is 6.10 Å². The Morgan fingerprint density at radius 1 is 1.53 bits per heavy atom. The number of likely N-dealkylation sites (N-methyl/N-ethyl adjacent to an activating group) is 1. The van der Waals surface area contributed by atoms with Crippen LogP contribution in [0.5, 0.6) is 5.75 Å². The molecule has 1 unspecified atom stereocenters. The molecule has 0 heterocycles. The summed E-state index contributed by atoms with van der Waals surface area (Å²) in [5.74, 6) is 0.507. The molecule has 1 N–H and O–H groups in total. The first-order chi connectivity index (χ1) is 8.90. The molecule has 0 saturated carbocycles. The molecule has 0 aliphatic rings. The van der Waals surface area contributed by atoms with E-state index in [9.17, 15) is 4.79 Å². The number of amides is 1. The van der Waals surface area contributed by atoms with E-state index in [2.05, 4.69) is 0 Å². The Hall–Kier alpha value is -1.26. The van der Waals surface area contributed by atoms with Crippen molar-refractivity contribution < 1.29 is 14.6 Å². The minimum atomic E-state index is -0.407. The van der Waals surface area contributed by atoms with Gasteiger partial charge in [-0.15, -0.1) is 0 Å². The highest BCUT2D eigenvalue weighted by Gasteiger charge is 2.10. The highest BCUT2D eigenvalue weighted by molar-refractivity contribution is 6.31. The molecule has 4 nitrogen and oxygen atoms in total. The van der Waals surface area contributed by atoms with Crippen LogP contribution in [0.3, 0.4) is 0 Å². The Morgan fingerprint density at radius 3 is 2.79 bits per heavy atom.